The number of alkyl halides is 1. The smallest absolute Gasteiger partial charge is 0.255 e. The summed E-state index contributed by atoms with van der Waals surface area (Å²) in [4.78, 5) is 41.0. The predicted octanol–water partition coefficient (Wildman–Crippen LogP) is 2.18. The number of phenolic OH excluding ortho intramolecular Hbond substituents is 1. The van der Waals surface area contributed by atoms with Crippen LogP contribution in [0.5, 0.6) is 5.75 Å². The number of aliphatic hydroxyl groups is 4. The quantitative estimate of drug-likeness (QED) is 0.215. The van der Waals surface area contributed by atoms with Crippen molar-refractivity contribution >= 4 is 29.1 Å². The second-order valence-electron chi connectivity index (χ2n) is 11.5. The average Bonchev–Trinajstić information content (AvgIpc) is 2.94. The summed E-state index contributed by atoms with van der Waals surface area (Å²) in [6.45, 7) is 1.70. The number of likely N-dealkylation sites (N-methyl/N-ethyl adjacent to an activating group) is 1. The first-order valence-corrected chi connectivity index (χ1v) is 14.1. The van der Waals surface area contributed by atoms with Crippen molar-refractivity contribution in [3.05, 3.63) is 86.9 Å². The fourth-order valence-corrected chi connectivity index (χ4v) is 7.12. The Morgan fingerprint density at radius 2 is 1.64 bits per heavy atom. The molecule has 0 heterocycles. The van der Waals surface area contributed by atoms with Gasteiger partial charge in [-0.05, 0) is 55.1 Å². The van der Waals surface area contributed by atoms with Gasteiger partial charge >= 0.3 is 0 Å². The Hall–Kier alpha value is -3.70. The Bertz CT molecular complexity index is 1560. The minimum absolute atomic E-state index is 0.0922. The van der Waals surface area contributed by atoms with E-state index in [1.165, 1.54) is 19.0 Å². The molecule has 11 heteroatoms. The molecule has 1 amide bonds. The SMILES string of the molecule is C[C@H]1c2ccc(CCc3ccc(CCl)cc3)c(O)c2C(=O)C2=C(O)[C@]3(O)C(=O)C(C(N)=O)=C(O)[C@@H](N(C)C)[C@@H]3[C@@H](O)[C@@H]21. The van der Waals surface area contributed by atoms with Gasteiger partial charge in [-0.1, -0.05) is 43.3 Å². The van der Waals surface area contributed by atoms with Crippen LogP contribution >= 0.6 is 11.6 Å². The van der Waals surface area contributed by atoms with Crippen LogP contribution in [0.15, 0.2) is 59.1 Å². The third kappa shape index (κ3) is 4.16. The lowest BCUT2D eigenvalue weighted by Gasteiger charge is -2.53. The van der Waals surface area contributed by atoms with E-state index >= 15 is 0 Å². The van der Waals surface area contributed by atoms with Crippen LogP contribution in [0.2, 0.25) is 0 Å². The number of hydrogen-bond acceptors (Lipinski definition) is 9. The van der Waals surface area contributed by atoms with Crippen LogP contribution in [-0.4, -0.2) is 79.7 Å². The van der Waals surface area contributed by atoms with Crippen LogP contribution < -0.4 is 5.73 Å². The molecule has 2 aromatic carbocycles. The molecule has 0 spiro atoms. The van der Waals surface area contributed by atoms with Crippen LogP contribution in [0.4, 0.5) is 0 Å². The van der Waals surface area contributed by atoms with Gasteiger partial charge in [0, 0.05) is 17.4 Å². The lowest BCUT2D eigenvalue weighted by Crippen LogP contribution is -2.68. The number of halogens is 1. The standard InChI is InChI=1S/C31H33ClN2O8/c1-13-17-11-10-16(9-8-14-4-6-15(12-32)7-5-14)24(35)19(17)25(36)20-18(13)26(37)22-23(34(2)3)27(38)21(30(33)41)29(40)31(22,42)28(20)39/h4-7,10-11,13,18,22-23,26,35,37-39,42H,8-9,12H2,1-3H3,(H2,33,41)/t13-,18+,22+,23-,26-,31-/m0/s1. The number of aliphatic hydroxyl groups excluding tert-OH is 3. The van der Waals surface area contributed by atoms with E-state index in [1.807, 2.05) is 24.3 Å². The summed E-state index contributed by atoms with van der Waals surface area (Å²) < 4.78 is 0. The molecule has 222 valence electrons. The Kier molecular flexibility index (Phi) is 7.47. The first-order valence-electron chi connectivity index (χ1n) is 13.6. The zero-order chi connectivity index (χ0) is 30.8. The second-order valence-corrected chi connectivity index (χ2v) is 11.8. The lowest BCUT2D eigenvalue weighted by atomic mass is 9.55. The maximum atomic E-state index is 14.0. The van der Waals surface area contributed by atoms with E-state index in [-0.39, 0.29) is 11.3 Å². The van der Waals surface area contributed by atoms with Crippen molar-refractivity contribution in [2.75, 3.05) is 14.1 Å². The minimum Gasteiger partial charge on any atom is -0.510 e. The Balaban J connectivity index is 1.62. The fourth-order valence-electron chi connectivity index (χ4n) is 6.94. The van der Waals surface area contributed by atoms with Crippen molar-refractivity contribution in [3.63, 3.8) is 0 Å². The molecule has 6 atom stereocenters. The first-order chi connectivity index (χ1) is 19.8. The second kappa shape index (κ2) is 10.5. The van der Waals surface area contributed by atoms with Crippen molar-refractivity contribution < 1.29 is 39.9 Å². The number of hydrogen-bond donors (Lipinski definition) is 6. The lowest BCUT2D eigenvalue weighted by molar-refractivity contribution is -0.162. The summed E-state index contributed by atoms with van der Waals surface area (Å²) in [5, 5.41) is 57.2. The van der Waals surface area contributed by atoms with Gasteiger partial charge in [0.1, 0.15) is 22.8 Å². The van der Waals surface area contributed by atoms with Gasteiger partial charge in [-0.25, -0.2) is 0 Å². The molecule has 42 heavy (non-hydrogen) atoms. The third-order valence-corrected chi connectivity index (χ3v) is 9.38. The van der Waals surface area contributed by atoms with Gasteiger partial charge in [-0.2, -0.15) is 0 Å². The molecule has 0 saturated heterocycles. The number of nitrogens with zero attached hydrogens (tertiary/aromatic N) is 1. The van der Waals surface area contributed by atoms with E-state index in [0.717, 1.165) is 11.1 Å². The van der Waals surface area contributed by atoms with Gasteiger partial charge in [-0.15, -0.1) is 11.6 Å². The Labute approximate surface area is 247 Å². The van der Waals surface area contributed by atoms with Crippen LogP contribution in [0, 0.1) is 11.8 Å². The number of aryl methyl sites for hydroxylation is 2. The maximum Gasteiger partial charge on any atom is 0.255 e. The highest BCUT2D eigenvalue weighted by Crippen LogP contribution is 2.55. The van der Waals surface area contributed by atoms with Crippen LogP contribution in [0.1, 0.15) is 45.5 Å². The number of aromatic hydroxyl groups is 1. The summed E-state index contributed by atoms with van der Waals surface area (Å²) in [5.74, 6) is -8.57. The van der Waals surface area contributed by atoms with Crippen molar-refractivity contribution in [2.24, 2.45) is 17.6 Å². The van der Waals surface area contributed by atoms with Gasteiger partial charge in [0.25, 0.3) is 5.91 Å². The zero-order valence-corrected chi connectivity index (χ0v) is 24.1. The van der Waals surface area contributed by atoms with Gasteiger partial charge in [0.15, 0.2) is 11.4 Å². The van der Waals surface area contributed by atoms with Crippen molar-refractivity contribution in [1.82, 2.24) is 4.90 Å². The molecular formula is C31H33ClN2O8. The molecule has 5 rings (SSSR count). The molecule has 0 bridgehead atoms. The van der Waals surface area contributed by atoms with Gasteiger partial charge in [0.05, 0.1) is 23.6 Å². The van der Waals surface area contributed by atoms with Crippen molar-refractivity contribution in [3.8, 4) is 5.75 Å². The number of carbonyl (C=O) groups excluding carboxylic acids is 3. The molecule has 0 aromatic heterocycles. The Morgan fingerprint density at radius 1 is 1.02 bits per heavy atom. The number of benzene rings is 2. The molecule has 3 aliphatic rings. The molecular weight excluding hydrogens is 564 g/mol. The molecule has 10 nitrogen and oxygen atoms in total. The van der Waals surface area contributed by atoms with E-state index in [4.69, 9.17) is 17.3 Å². The third-order valence-electron chi connectivity index (χ3n) is 9.08. The Morgan fingerprint density at radius 3 is 2.21 bits per heavy atom. The van der Waals surface area contributed by atoms with Crippen LogP contribution in [-0.2, 0) is 28.3 Å². The monoisotopic (exact) mass is 596 g/mol. The number of nitrogens with two attached hydrogens (primary N) is 1. The number of primary amides is 1. The van der Waals surface area contributed by atoms with E-state index < -0.39 is 75.6 Å². The molecule has 7 N–H and O–H groups in total. The van der Waals surface area contributed by atoms with Crippen molar-refractivity contribution in [2.45, 2.75) is 49.3 Å². The highest BCUT2D eigenvalue weighted by Gasteiger charge is 2.67. The fraction of sp³-hybridized carbons (Fsp3) is 0.387. The first kappa shape index (κ1) is 29.8. The number of rotatable bonds is 6. The molecule has 2 aromatic rings. The summed E-state index contributed by atoms with van der Waals surface area (Å²) in [7, 11) is 2.99. The highest BCUT2D eigenvalue weighted by molar-refractivity contribution is 6.25. The largest absolute Gasteiger partial charge is 0.510 e. The summed E-state index contributed by atoms with van der Waals surface area (Å²) in [5.41, 5.74) is 3.86. The number of fused-ring (bicyclic) bond motifs is 3. The molecule has 0 saturated carbocycles. The van der Waals surface area contributed by atoms with E-state index in [2.05, 4.69) is 0 Å². The van der Waals surface area contributed by atoms with Gasteiger partial charge < -0.3 is 31.3 Å². The van der Waals surface area contributed by atoms with E-state index in [9.17, 15) is 39.9 Å². The zero-order valence-electron chi connectivity index (χ0n) is 23.3. The summed E-state index contributed by atoms with van der Waals surface area (Å²) >= 11 is 5.86. The van der Waals surface area contributed by atoms with Crippen LogP contribution in [0.25, 0.3) is 0 Å². The average molecular weight is 597 g/mol. The van der Waals surface area contributed by atoms with Gasteiger partial charge in [0.2, 0.25) is 5.78 Å². The molecule has 0 radical (unpaired) electrons. The molecule has 0 fully saturated rings. The van der Waals surface area contributed by atoms with E-state index in [1.54, 1.807) is 19.1 Å². The molecule has 0 unspecified atom stereocenters. The number of ketones is 2. The number of carbonyl (C=O) groups is 3. The van der Waals surface area contributed by atoms with E-state index in [0.29, 0.717) is 29.8 Å². The van der Waals surface area contributed by atoms with Crippen molar-refractivity contribution in [1.29, 1.82) is 0 Å². The molecule has 0 aliphatic heterocycles. The number of amides is 1. The van der Waals surface area contributed by atoms with Crippen LogP contribution in [0.3, 0.4) is 0 Å². The highest BCUT2D eigenvalue weighted by atomic mass is 35.5. The van der Waals surface area contributed by atoms with Gasteiger partial charge in [-0.3, -0.25) is 19.3 Å². The molecule has 3 aliphatic carbocycles. The topological polar surface area (TPSA) is 182 Å². The summed E-state index contributed by atoms with van der Waals surface area (Å²) in [6.07, 6.45) is -0.681. The number of Topliss-reactive ketones (excluding diaryl/α,β-unsaturated/α-hetero) is 2. The minimum atomic E-state index is -2.94. The normalized spacial score (nSPS) is 29.0. The maximum absolute atomic E-state index is 14.0. The predicted molar refractivity (Wildman–Crippen MR) is 153 cm³/mol. The number of phenols is 1. The summed E-state index contributed by atoms with van der Waals surface area (Å²) in [6, 6.07) is 9.80.